The van der Waals surface area contributed by atoms with E-state index in [1.165, 1.54) is 11.1 Å². The number of nitrogens with zero attached hydrogens (tertiary/aromatic N) is 5. The van der Waals surface area contributed by atoms with Crippen LogP contribution in [0.3, 0.4) is 0 Å². The molecular formula is C24H39IN6. The van der Waals surface area contributed by atoms with E-state index < -0.39 is 0 Å². The molecule has 1 N–H and O–H groups in total. The number of aryl methyl sites for hydroxylation is 2. The molecule has 0 bridgehead atoms. The zero-order valence-electron chi connectivity index (χ0n) is 19.5. The molecule has 7 heteroatoms. The molecule has 1 aromatic carbocycles. The summed E-state index contributed by atoms with van der Waals surface area (Å²) in [6, 6.07) is 9.12. The fraction of sp³-hybridized carbons (Fsp3) is 0.583. The van der Waals surface area contributed by atoms with Gasteiger partial charge in [-0.1, -0.05) is 38.1 Å². The molecule has 0 atom stereocenters. The molecule has 0 saturated carbocycles. The summed E-state index contributed by atoms with van der Waals surface area (Å²) in [5, 5.41) is 3.55. The van der Waals surface area contributed by atoms with Gasteiger partial charge in [0.05, 0.1) is 0 Å². The lowest BCUT2D eigenvalue weighted by Gasteiger charge is -2.36. The number of aromatic nitrogens is 2. The van der Waals surface area contributed by atoms with Gasteiger partial charge in [-0.25, -0.2) is 4.98 Å². The molecule has 0 unspecified atom stereocenters. The van der Waals surface area contributed by atoms with Crippen LogP contribution in [0.25, 0.3) is 0 Å². The number of aliphatic imine (C=N–C) groups is 1. The third-order valence-corrected chi connectivity index (χ3v) is 5.97. The average Bonchev–Trinajstić information content (AvgIpc) is 3.16. The van der Waals surface area contributed by atoms with Gasteiger partial charge in [0.15, 0.2) is 5.96 Å². The van der Waals surface area contributed by atoms with E-state index in [4.69, 9.17) is 0 Å². The van der Waals surface area contributed by atoms with E-state index in [1.807, 2.05) is 13.2 Å². The van der Waals surface area contributed by atoms with Gasteiger partial charge in [0.1, 0.15) is 5.82 Å². The molecule has 0 radical (unpaired) electrons. The van der Waals surface area contributed by atoms with Crippen molar-refractivity contribution in [2.24, 2.45) is 4.99 Å². The second-order valence-electron chi connectivity index (χ2n) is 8.51. The van der Waals surface area contributed by atoms with Gasteiger partial charge in [0.25, 0.3) is 0 Å². The third-order valence-electron chi connectivity index (χ3n) is 5.97. The van der Waals surface area contributed by atoms with Crippen molar-refractivity contribution in [3.8, 4) is 0 Å². The molecule has 1 aliphatic heterocycles. The maximum atomic E-state index is 4.51. The van der Waals surface area contributed by atoms with Crippen molar-refractivity contribution in [1.82, 2.24) is 24.7 Å². The monoisotopic (exact) mass is 538 g/mol. The molecule has 3 rings (SSSR count). The predicted molar refractivity (Wildman–Crippen MR) is 140 cm³/mol. The number of guanidine groups is 1. The first kappa shape index (κ1) is 25.6. The van der Waals surface area contributed by atoms with Crippen LogP contribution in [0.2, 0.25) is 0 Å². The van der Waals surface area contributed by atoms with E-state index in [9.17, 15) is 0 Å². The smallest absolute Gasteiger partial charge is 0.193 e. The molecule has 0 spiro atoms. The molecule has 0 amide bonds. The fourth-order valence-corrected chi connectivity index (χ4v) is 3.96. The highest BCUT2D eigenvalue weighted by atomic mass is 127. The van der Waals surface area contributed by atoms with Crippen LogP contribution in [0.5, 0.6) is 0 Å². The van der Waals surface area contributed by atoms with Crippen LogP contribution in [-0.2, 0) is 13.1 Å². The van der Waals surface area contributed by atoms with Crippen LogP contribution in [0, 0.1) is 6.92 Å². The third kappa shape index (κ3) is 7.79. The SMILES string of the molecule is CN=C(NCCCCn1ccnc1C)N1CCN(Cc2ccc(C(C)C)cc2)CC1.I. The van der Waals surface area contributed by atoms with Crippen LogP contribution in [0.15, 0.2) is 41.7 Å². The number of rotatable bonds is 8. The molecule has 31 heavy (non-hydrogen) atoms. The van der Waals surface area contributed by atoms with Crippen molar-refractivity contribution in [2.75, 3.05) is 39.8 Å². The van der Waals surface area contributed by atoms with E-state index in [0.29, 0.717) is 5.92 Å². The number of halogens is 1. The fourth-order valence-electron chi connectivity index (χ4n) is 3.96. The maximum absolute atomic E-state index is 4.51. The first-order valence-corrected chi connectivity index (χ1v) is 11.3. The van der Waals surface area contributed by atoms with Crippen molar-refractivity contribution in [1.29, 1.82) is 0 Å². The second-order valence-corrected chi connectivity index (χ2v) is 8.51. The Labute approximate surface area is 205 Å². The number of nitrogens with one attached hydrogen (secondary N) is 1. The normalized spacial score (nSPS) is 15.3. The van der Waals surface area contributed by atoms with E-state index in [0.717, 1.165) is 70.4 Å². The molecule has 2 aromatic rings. The molecule has 1 aliphatic rings. The quantitative estimate of drug-likeness (QED) is 0.238. The molecule has 2 heterocycles. The number of benzene rings is 1. The zero-order chi connectivity index (χ0) is 21.3. The number of piperazine rings is 1. The van der Waals surface area contributed by atoms with Crippen molar-refractivity contribution < 1.29 is 0 Å². The first-order chi connectivity index (χ1) is 14.6. The van der Waals surface area contributed by atoms with Gasteiger partial charge in [-0.15, -0.1) is 24.0 Å². The van der Waals surface area contributed by atoms with E-state index in [-0.39, 0.29) is 24.0 Å². The molecule has 6 nitrogen and oxygen atoms in total. The van der Waals surface area contributed by atoms with Crippen LogP contribution >= 0.6 is 24.0 Å². The summed E-state index contributed by atoms with van der Waals surface area (Å²) in [5.41, 5.74) is 2.82. The molecular weight excluding hydrogens is 499 g/mol. The Morgan fingerprint density at radius 3 is 2.39 bits per heavy atom. The predicted octanol–water partition coefficient (Wildman–Crippen LogP) is 4.11. The van der Waals surface area contributed by atoms with Crippen LogP contribution in [0.4, 0.5) is 0 Å². The van der Waals surface area contributed by atoms with E-state index in [2.05, 4.69) is 80.9 Å². The van der Waals surface area contributed by atoms with Crippen LogP contribution in [0.1, 0.15) is 49.6 Å². The van der Waals surface area contributed by atoms with E-state index >= 15 is 0 Å². The highest BCUT2D eigenvalue weighted by Crippen LogP contribution is 2.16. The number of hydrogen-bond donors (Lipinski definition) is 1. The highest BCUT2D eigenvalue weighted by molar-refractivity contribution is 14.0. The number of unbranched alkanes of at least 4 members (excludes halogenated alkanes) is 1. The van der Waals surface area contributed by atoms with Gasteiger partial charge >= 0.3 is 0 Å². The topological polar surface area (TPSA) is 48.7 Å². The summed E-state index contributed by atoms with van der Waals surface area (Å²) in [6.07, 6.45) is 6.20. The Bertz CT molecular complexity index is 791. The molecule has 1 aromatic heterocycles. The Morgan fingerprint density at radius 1 is 1.10 bits per heavy atom. The minimum Gasteiger partial charge on any atom is -0.356 e. The van der Waals surface area contributed by atoms with Gasteiger partial charge in [-0.3, -0.25) is 9.89 Å². The van der Waals surface area contributed by atoms with Crippen molar-refractivity contribution in [3.05, 3.63) is 53.6 Å². The summed E-state index contributed by atoms with van der Waals surface area (Å²) in [4.78, 5) is 13.7. The zero-order valence-corrected chi connectivity index (χ0v) is 21.9. The molecule has 0 aliphatic carbocycles. The molecule has 172 valence electrons. The Kier molecular flexibility index (Phi) is 10.8. The van der Waals surface area contributed by atoms with Crippen molar-refractivity contribution in [3.63, 3.8) is 0 Å². The summed E-state index contributed by atoms with van der Waals surface area (Å²) in [7, 11) is 1.89. The van der Waals surface area contributed by atoms with Crippen LogP contribution in [-0.4, -0.2) is 65.1 Å². The van der Waals surface area contributed by atoms with Crippen LogP contribution < -0.4 is 5.32 Å². The van der Waals surface area contributed by atoms with Crippen molar-refractivity contribution >= 4 is 29.9 Å². The molecule has 1 saturated heterocycles. The lowest BCUT2D eigenvalue weighted by atomic mass is 10.0. The van der Waals surface area contributed by atoms with E-state index in [1.54, 1.807) is 0 Å². The average molecular weight is 539 g/mol. The summed E-state index contributed by atoms with van der Waals surface area (Å²) in [6.45, 7) is 13.8. The highest BCUT2D eigenvalue weighted by Gasteiger charge is 2.19. The lowest BCUT2D eigenvalue weighted by molar-refractivity contribution is 0.172. The Hall–Kier alpha value is -1.61. The largest absolute Gasteiger partial charge is 0.356 e. The maximum Gasteiger partial charge on any atom is 0.193 e. The second kappa shape index (κ2) is 13.1. The van der Waals surface area contributed by atoms with Gasteiger partial charge < -0.3 is 14.8 Å². The molecule has 1 fully saturated rings. The van der Waals surface area contributed by atoms with Gasteiger partial charge in [-0.05, 0) is 36.8 Å². The number of hydrogen-bond acceptors (Lipinski definition) is 3. The Morgan fingerprint density at radius 2 is 1.81 bits per heavy atom. The van der Waals surface area contributed by atoms with Gasteiger partial charge in [-0.2, -0.15) is 0 Å². The summed E-state index contributed by atoms with van der Waals surface area (Å²) in [5.74, 6) is 2.72. The minimum atomic E-state index is 0. The van der Waals surface area contributed by atoms with Gasteiger partial charge in [0.2, 0.25) is 0 Å². The summed E-state index contributed by atoms with van der Waals surface area (Å²) >= 11 is 0. The summed E-state index contributed by atoms with van der Waals surface area (Å²) < 4.78 is 2.21. The lowest BCUT2D eigenvalue weighted by Crippen LogP contribution is -2.52. The Balaban J connectivity index is 0.00000341. The first-order valence-electron chi connectivity index (χ1n) is 11.3. The van der Waals surface area contributed by atoms with Crippen molar-refractivity contribution in [2.45, 2.75) is 52.6 Å². The number of imidazole rings is 1. The standard InChI is InChI=1S/C24H38N6.HI/c1-20(2)23-9-7-22(8-10-23)19-28-15-17-30(18-16-28)24(25-4)27-11-5-6-13-29-14-12-26-21(29)3;/h7-10,12,14,20H,5-6,11,13,15-19H2,1-4H3,(H,25,27);1H. The minimum absolute atomic E-state index is 0. The van der Waals surface area contributed by atoms with Gasteiger partial charge in [0, 0.05) is 65.3 Å².